The van der Waals surface area contributed by atoms with Crippen LogP contribution >= 0.6 is 12.6 Å². The normalized spacial score (nSPS) is 18.5. The predicted octanol–water partition coefficient (Wildman–Crippen LogP) is 1.56. The number of hydrogen-bond acceptors (Lipinski definition) is 2. The van der Waals surface area contributed by atoms with E-state index in [1.807, 2.05) is 12.4 Å². The maximum Gasteiger partial charge on any atom is 0.181 e. The van der Waals surface area contributed by atoms with Crippen molar-refractivity contribution >= 4 is 12.6 Å². The summed E-state index contributed by atoms with van der Waals surface area (Å²) in [4.78, 5) is 10.8. The highest BCUT2D eigenvalue weighted by Crippen LogP contribution is 2.47. The van der Waals surface area contributed by atoms with Gasteiger partial charge in [-0.25, -0.2) is 0 Å². The van der Waals surface area contributed by atoms with Gasteiger partial charge in [0, 0.05) is 31.1 Å². The summed E-state index contributed by atoms with van der Waals surface area (Å²) < 4.78 is 2.07. The quantitative estimate of drug-likeness (QED) is 0.726. The summed E-state index contributed by atoms with van der Waals surface area (Å²) in [5, 5.41) is 0. The van der Waals surface area contributed by atoms with Crippen LogP contribution in [0.1, 0.15) is 12.8 Å². The molecule has 70 valence electrons. The Morgan fingerprint density at radius 2 is 2.00 bits per heavy atom. The van der Waals surface area contributed by atoms with Crippen LogP contribution < -0.4 is 5.43 Å². The molecule has 3 heteroatoms. The number of hydrogen-bond donors (Lipinski definition) is 1. The molecule has 0 spiro atoms. The first-order valence-electron chi connectivity index (χ1n) is 4.51. The van der Waals surface area contributed by atoms with Gasteiger partial charge in [0.2, 0.25) is 0 Å². The van der Waals surface area contributed by atoms with Crippen LogP contribution in [0.2, 0.25) is 0 Å². The van der Waals surface area contributed by atoms with Gasteiger partial charge in [0.15, 0.2) is 5.43 Å². The van der Waals surface area contributed by atoms with Gasteiger partial charge in [-0.05, 0) is 24.0 Å². The lowest BCUT2D eigenvalue weighted by molar-refractivity contribution is 0.472. The maximum atomic E-state index is 10.8. The van der Waals surface area contributed by atoms with Crippen molar-refractivity contribution in [2.75, 3.05) is 5.75 Å². The third kappa shape index (κ3) is 1.97. The van der Waals surface area contributed by atoms with Gasteiger partial charge in [-0.2, -0.15) is 12.6 Å². The topological polar surface area (TPSA) is 22.0 Å². The molecule has 1 fully saturated rings. The van der Waals surface area contributed by atoms with Crippen LogP contribution in [0.25, 0.3) is 0 Å². The van der Waals surface area contributed by atoms with Crippen LogP contribution in [0.3, 0.4) is 0 Å². The van der Waals surface area contributed by atoms with Gasteiger partial charge in [-0.3, -0.25) is 4.79 Å². The average molecular weight is 195 g/mol. The second kappa shape index (κ2) is 3.22. The molecule has 0 N–H and O–H groups in total. The molecule has 2 nitrogen and oxygen atoms in total. The third-order valence-electron chi connectivity index (χ3n) is 2.67. The van der Waals surface area contributed by atoms with E-state index < -0.39 is 0 Å². The van der Waals surface area contributed by atoms with Crippen molar-refractivity contribution in [2.45, 2.75) is 19.4 Å². The van der Waals surface area contributed by atoms with Gasteiger partial charge < -0.3 is 4.57 Å². The minimum absolute atomic E-state index is 0.0759. The zero-order valence-electron chi connectivity index (χ0n) is 7.44. The van der Waals surface area contributed by atoms with Crippen molar-refractivity contribution in [1.29, 1.82) is 0 Å². The largest absolute Gasteiger partial charge is 0.353 e. The lowest BCUT2D eigenvalue weighted by Gasteiger charge is -2.13. The highest BCUT2D eigenvalue weighted by Gasteiger charge is 2.41. The minimum atomic E-state index is 0.0759. The molecule has 0 atom stereocenters. The molecule has 1 aromatic rings. The molecule has 1 aromatic heterocycles. The van der Waals surface area contributed by atoms with Crippen LogP contribution in [0.4, 0.5) is 0 Å². The first-order valence-corrected chi connectivity index (χ1v) is 5.14. The van der Waals surface area contributed by atoms with Crippen molar-refractivity contribution in [3.8, 4) is 0 Å². The summed E-state index contributed by atoms with van der Waals surface area (Å²) in [5.41, 5.74) is 0.491. The van der Waals surface area contributed by atoms with E-state index in [1.54, 1.807) is 12.1 Å². The Kier molecular flexibility index (Phi) is 2.20. The highest BCUT2D eigenvalue weighted by atomic mass is 32.1. The van der Waals surface area contributed by atoms with E-state index in [-0.39, 0.29) is 5.43 Å². The zero-order chi connectivity index (χ0) is 9.31. The second-order valence-electron chi connectivity index (χ2n) is 3.86. The summed E-state index contributed by atoms with van der Waals surface area (Å²) in [6.45, 7) is 0.997. The molecule has 0 saturated heterocycles. The van der Waals surface area contributed by atoms with Gasteiger partial charge in [-0.1, -0.05) is 0 Å². The molecule has 0 aromatic carbocycles. The maximum absolute atomic E-state index is 10.8. The van der Waals surface area contributed by atoms with Crippen molar-refractivity contribution in [3.63, 3.8) is 0 Å². The molecule has 0 unspecified atom stereocenters. The Morgan fingerprint density at radius 1 is 1.38 bits per heavy atom. The SMILES string of the molecule is O=c1ccn(CC2(CS)CC2)cc1. The van der Waals surface area contributed by atoms with E-state index in [4.69, 9.17) is 0 Å². The van der Waals surface area contributed by atoms with E-state index >= 15 is 0 Å². The highest BCUT2D eigenvalue weighted by molar-refractivity contribution is 7.80. The van der Waals surface area contributed by atoms with Crippen LogP contribution in [-0.2, 0) is 6.54 Å². The monoisotopic (exact) mass is 195 g/mol. The molecule has 0 radical (unpaired) electrons. The Hall–Kier alpha value is -0.700. The predicted molar refractivity (Wildman–Crippen MR) is 56.2 cm³/mol. The van der Waals surface area contributed by atoms with Crippen molar-refractivity contribution in [2.24, 2.45) is 5.41 Å². The van der Waals surface area contributed by atoms with Crippen molar-refractivity contribution in [1.82, 2.24) is 4.57 Å². The fourth-order valence-corrected chi connectivity index (χ4v) is 1.90. The molecular weight excluding hydrogens is 182 g/mol. The molecule has 0 aliphatic heterocycles. The standard InChI is InChI=1S/C10H13NOS/c12-9-1-5-11(6-2-9)7-10(8-13)3-4-10/h1-2,5-6,13H,3-4,7-8H2. The molecule has 0 amide bonds. The summed E-state index contributed by atoms with van der Waals surface area (Å²) >= 11 is 4.34. The van der Waals surface area contributed by atoms with Gasteiger partial charge in [-0.15, -0.1) is 0 Å². The summed E-state index contributed by atoms with van der Waals surface area (Å²) in [6.07, 6.45) is 6.24. The third-order valence-corrected chi connectivity index (χ3v) is 3.34. The van der Waals surface area contributed by atoms with E-state index in [9.17, 15) is 4.79 Å². The summed E-state index contributed by atoms with van der Waals surface area (Å²) in [5.74, 6) is 0.944. The Labute approximate surface area is 83.0 Å². The van der Waals surface area contributed by atoms with E-state index in [1.165, 1.54) is 12.8 Å². The van der Waals surface area contributed by atoms with Crippen LogP contribution in [-0.4, -0.2) is 10.3 Å². The van der Waals surface area contributed by atoms with Gasteiger partial charge in [0.1, 0.15) is 0 Å². The lowest BCUT2D eigenvalue weighted by atomic mass is 10.1. The molecule has 2 rings (SSSR count). The fraction of sp³-hybridized carbons (Fsp3) is 0.500. The number of thiol groups is 1. The Bertz CT molecular complexity index is 334. The van der Waals surface area contributed by atoms with E-state index in [0.717, 1.165) is 12.3 Å². The molecule has 0 bridgehead atoms. The van der Waals surface area contributed by atoms with Crippen LogP contribution in [0.15, 0.2) is 29.3 Å². The number of aromatic nitrogens is 1. The Morgan fingerprint density at radius 3 is 2.46 bits per heavy atom. The molecule has 1 saturated carbocycles. The van der Waals surface area contributed by atoms with E-state index in [0.29, 0.717) is 5.41 Å². The van der Waals surface area contributed by atoms with Gasteiger partial charge in [0.05, 0.1) is 0 Å². The second-order valence-corrected chi connectivity index (χ2v) is 4.18. The fourth-order valence-electron chi connectivity index (χ4n) is 1.48. The molecule has 1 heterocycles. The number of rotatable bonds is 3. The van der Waals surface area contributed by atoms with Crippen molar-refractivity contribution < 1.29 is 0 Å². The molecule has 1 aliphatic carbocycles. The first kappa shape index (κ1) is 8.88. The van der Waals surface area contributed by atoms with Crippen LogP contribution in [0, 0.1) is 5.41 Å². The zero-order valence-corrected chi connectivity index (χ0v) is 8.33. The smallest absolute Gasteiger partial charge is 0.181 e. The first-order chi connectivity index (χ1) is 6.24. The summed E-state index contributed by atoms with van der Waals surface area (Å²) in [7, 11) is 0. The number of nitrogens with zero attached hydrogens (tertiary/aromatic N) is 1. The average Bonchev–Trinajstić information content (AvgIpc) is 2.90. The molecular formula is C10H13NOS. The molecule has 1 aliphatic rings. The van der Waals surface area contributed by atoms with Gasteiger partial charge >= 0.3 is 0 Å². The molecule has 13 heavy (non-hydrogen) atoms. The van der Waals surface area contributed by atoms with Gasteiger partial charge in [0.25, 0.3) is 0 Å². The Balaban J connectivity index is 2.10. The van der Waals surface area contributed by atoms with Crippen LogP contribution in [0.5, 0.6) is 0 Å². The minimum Gasteiger partial charge on any atom is -0.353 e. The van der Waals surface area contributed by atoms with E-state index in [2.05, 4.69) is 17.2 Å². The summed E-state index contributed by atoms with van der Waals surface area (Å²) in [6, 6.07) is 3.21. The number of pyridine rings is 1. The van der Waals surface area contributed by atoms with Crippen molar-refractivity contribution in [3.05, 3.63) is 34.7 Å². The lowest BCUT2D eigenvalue weighted by Crippen LogP contribution is -2.14.